The van der Waals surface area contributed by atoms with E-state index in [-0.39, 0.29) is 110 Å². The molecule has 0 radical (unpaired) electrons. The lowest BCUT2D eigenvalue weighted by Crippen LogP contribution is -2.63. The number of ketones is 2. The number of hydrogen-bond acceptors (Lipinski definition) is 19. The first-order valence-corrected chi connectivity index (χ1v) is 32.8. The van der Waals surface area contributed by atoms with Crippen LogP contribution in [0.4, 0.5) is 10.5 Å². The van der Waals surface area contributed by atoms with Crippen molar-refractivity contribution in [2.75, 3.05) is 57.1 Å². The first kappa shape index (κ1) is 73.7. The normalized spacial score (nSPS) is 26.0. The molecule has 1 aromatic rings. The number of imide groups is 1. The highest BCUT2D eigenvalue weighted by Gasteiger charge is 2.64. The van der Waals surface area contributed by atoms with Gasteiger partial charge in [0.1, 0.15) is 46.5 Å². The van der Waals surface area contributed by atoms with Gasteiger partial charge in [0.25, 0.3) is 0 Å². The number of benzene rings is 1. The van der Waals surface area contributed by atoms with Crippen LogP contribution in [0.1, 0.15) is 138 Å². The number of amides is 7. The molecule has 12 atom stereocenters. The van der Waals surface area contributed by atoms with Crippen molar-refractivity contribution in [1.29, 1.82) is 0 Å². The van der Waals surface area contributed by atoms with Crippen LogP contribution >= 0.6 is 35.1 Å². The summed E-state index contributed by atoms with van der Waals surface area (Å²) >= 11 is 9.57. The monoisotopic (exact) mass is 1300 g/mol. The van der Waals surface area contributed by atoms with Crippen molar-refractivity contribution in [3.05, 3.63) is 46.5 Å². The number of allylic oxidation sites excluding steroid dienone is 3. The second-order valence-electron chi connectivity index (χ2n) is 23.8. The number of unbranched alkanes of at least 4 members (excludes halogenated alkanes) is 2. The molecule has 3 saturated heterocycles. The number of aliphatic hydroxyl groups is 1. The Morgan fingerprint density at radius 3 is 2.31 bits per heavy atom. The van der Waals surface area contributed by atoms with Crippen molar-refractivity contribution in [1.82, 2.24) is 25.8 Å². The quantitative estimate of drug-likeness (QED) is 0.0191. The van der Waals surface area contributed by atoms with Crippen molar-refractivity contribution >= 4 is 106 Å². The molecule has 4 bridgehead atoms. The first-order valence-electron chi connectivity index (χ1n) is 30.2. The van der Waals surface area contributed by atoms with Gasteiger partial charge in [-0.2, -0.15) is 0 Å². The molecule has 0 spiro atoms. The minimum absolute atomic E-state index is 0.0254. The molecule has 4 aliphatic heterocycles. The van der Waals surface area contributed by atoms with Crippen LogP contribution in [-0.4, -0.2) is 190 Å². The number of epoxide rings is 1. The van der Waals surface area contributed by atoms with Gasteiger partial charge in [0, 0.05) is 90.4 Å². The van der Waals surface area contributed by atoms with Gasteiger partial charge < -0.3 is 54.3 Å². The van der Waals surface area contributed by atoms with E-state index in [4.69, 9.17) is 40.4 Å². The van der Waals surface area contributed by atoms with Crippen LogP contribution < -0.4 is 25.6 Å². The zero-order chi connectivity index (χ0) is 66.1. The summed E-state index contributed by atoms with van der Waals surface area (Å²) in [4.78, 5) is 146. The van der Waals surface area contributed by atoms with Gasteiger partial charge in [0.15, 0.2) is 11.5 Å². The molecule has 4 aliphatic rings. The van der Waals surface area contributed by atoms with E-state index in [1.54, 1.807) is 59.0 Å². The summed E-state index contributed by atoms with van der Waals surface area (Å²) in [7, 11) is 5.93. The number of halogens is 1. The Morgan fingerprint density at radius 1 is 0.921 bits per heavy atom. The fraction of sp³-hybridized carbons (Fsp3) is 0.661. The van der Waals surface area contributed by atoms with Gasteiger partial charge in [-0.1, -0.05) is 62.6 Å². The Balaban J connectivity index is 1.04. The number of nitrogens with zero attached hydrogens (tertiary/aromatic N) is 3. The minimum atomic E-state index is -1.88. The van der Waals surface area contributed by atoms with E-state index in [2.05, 4.69) is 16.0 Å². The van der Waals surface area contributed by atoms with E-state index < -0.39 is 101 Å². The Morgan fingerprint density at radius 2 is 1.63 bits per heavy atom. The number of ether oxygens (including phenoxy) is 5. The summed E-state index contributed by atoms with van der Waals surface area (Å²) in [6.45, 7) is 11.7. The predicted octanol–water partition coefficient (Wildman–Crippen LogP) is 6.08. The number of Topliss-reactive ketones (excluding diaryl/α,β-unsaturated/α-hetero) is 2. The second-order valence-corrected chi connectivity index (χ2v) is 26.6. The molecule has 24 nitrogen and oxygen atoms in total. The molecule has 4 heterocycles. The second kappa shape index (κ2) is 33.8. The van der Waals surface area contributed by atoms with Gasteiger partial charge in [0.05, 0.1) is 42.5 Å². The summed E-state index contributed by atoms with van der Waals surface area (Å²) in [5, 5.41) is 28.3. The van der Waals surface area contributed by atoms with Crippen LogP contribution in [0.3, 0.4) is 0 Å². The fourth-order valence-electron chi connectivity index (χ4n) is 10.9. The Kier molecular flexibility index (Phi) is 28.0. The Labute approximate surface area is 534 Å². The van der Waals surface area contributed by atoms with E-state index >= 15 is 0 Å². The summed E-state index contributed by atoms with van der Waals surface area (Å²) < 4.78 is 29.5. The fourth-order valence-corrected chi connectivity index (χ4v) is 13.1. The van der Waals surface area contributed by atoms with Crippen LogP contribution in [0.2, 0.25) is 5.02 Å². The molecule has 89 heavy (non-hydrogen) atoms. The summed E-state index contributed by atoms with van der Waals surface area (Å²) in [6, 6.07) is 1.56. The Hall–Kier alpha value is -6.06. The van der Waals surface area contributed by atoms with Gasteiger partial charge in [-0.05, 0) is 89.0 Å². The van der Waals surface area contributed by atoms with Crippen LogP contribution in [0.5, 0.6) is 5.75 Å². The average molecular weight is 1310 g/mol. The summed E-state index contributed by atoms with van der Waals surface area (Å²) in [5.41, 5.74) is -1.17. The lowest BCUT2D eigenvalue weighted by molar-refractivity contribution is -0.162. The molecule has 12 unspecified atom stereocenters. The van der Waals surface area contributed by atoms with Crippen molar-refractivity contribution in [2.24, 2.45) is 17.8 Å². The predicted molar refractivity (Wildman–Crippen MR) is 334 cm³/mol. The number of fused-ring (bicyclic) bond motifs is 5. The van der Waals surface area contributed by atoms with E-state index in [0.29, 0.717) is 48.6 Å². The number of esters is 1. The van der Waals surface area contributed by atoms with Crippen LogP contribution in [0, 0.1) is 17.8 Å². The van der Waals surface area contributed by atoms with Crippen molar-refractivity contribution < 1.29 is 86.6 Å². The smallest absolute Gasteiger partial charge is 0.409 e. The molecule has 7 amide bonds. The van der Waals surface area contributed by atoms with Gasteiger partial charge in [0.2, 0.25) is 35.4 Å². The van der Waals surface area contributed by atoms with E-state index in [1.165, 1.54) is 68.4 Å². The number of aliphatic carboxylic acids is 1. The number of carboxylic acids is 1. The maximum absolute atomic E-state index is 14.4. The lowest BCUT2D eigenvalue weighted by atomic mass is 9.83. The van der Waals surface area contributed by atoms with Crippen LogP contribution in [-0.2, 0) is 73.3 Å². The number of thioether (sulfide) groups is 2. The summed E-state index contributed by atoms with van der Waals surface area (Å²) in [6.07, 6.45) is 2.91. The topological polar surface area (TPSA) is 323 Å². The number of rotatable bonds is 30. The van der Waals surface area contributed by atoms with Crippen molar-refractivity contribution in [3.8, 4) is 5.75 Å². The first-order chi connectivity index (χ1) is 41.9. The number of carboxylic acid groups (broad SMARTS) is 1. The van der Waals surface area contributed by atoms with Crippen molar-refractivity contribution in [2.45, 2.75) is 191 Å². The maximum Gasteiger partial charge on any atom is 0.409 e. The molecule has 27 heteroatoms. The molecule has 1 aromatic carbocycles. The molecule has 0 aromatic heterocycles. The number of likely N-dealkylation sites (tertiary alicyclic amines) is 1. The number of nitrogens with one attached hydrogen (secondary N) is 3. The molecule has 3 fully saturated rings. The minimum Gasteiger partial charge on any atom is -0.495 e. The number of alkyl carbamates (subject to hydrolysis) is 1. The molecule has 0 aliphatic carbocycles. The molecular weight excluding hydrogens is 1220 g/mol. The lowest BCUT2D eigenvalue weighted by Gasteiger charge is -2.42. The average Bonchev–Trinajstić information content (AvgIpc) is 1.60. The molecule has 5 rings (SSSR count). The van der Waals surface area contributed by atoms with Gasteiger partial charge >= 0.3 is 18.0 Å². The number of carbonyl (C=O) groups excluding carboxylic acids is 10. The van der Waals surface area contributed by atoms with Gasteiger partial charge in [-0.15, -0.1) is 23.5 Å². The van der Waals surface area contributed by atoms with Gasteiger partial charge in [-0.25, -0.2) is 9.59 Å². The SMILES string of the molecule is COc1cc2cc(c1Cl)N(C)C(=O)CC(OC(=O)C(C)N(C)C(=O)CCCCCSCNC(=O)C(C)CC(=O)C(C)NC(=O)C(C)CC(=O)CCCSC1CC(=O)N(CCCC(=O)O)C1=O)C1(C)OC1C(C)C1CC(O)(NC(=O)O1)C(OC)/C=C/C=C(\C)C2. The number of carbonyl (C=O) groups is 11. The molecule has 0 saturated carbocycles. The summed E-state index contributed by atoms with van der Waals surface area (Å²) in [5.74, 6) is -4.90. The zero-order valence-corrected chi connectivity index (χ0v) is 55.2. The number of hydrogen-bond donors (Lipinski definition) is 5. The van der Waals surface area contributed by atoms with Crippen LogP contribution in [0.25, 0.3) is 0 Å². The highest BCUT2D eigenvalue weighted by molar-refractivity contribution is 8.00. The van der Waals surface area contributed by atoms with Gasteiger partial charge in [-0.3, -0.25) is 53.4 Å². The van der Waals surface area contributed by atoms with Crippen LogP contribution in [0.15, 0.2) is 35.9 Å². The molecular formula is C62H89ClN6O18S2. The highest BCUT2D eigenvalue weighted by atomic mass is 35.5. The third-order valence-corrected chi connectivity index (χ3v) is 19.3. The standard InChI is InChI=1S/C62H89ClN6O18S2/c1-35-18-15-20-48(84-11)62(82)33-46(85-60(81)66-62)38(4)55-61(7,87-55)49(32-51(73)68(9)43-29-41(26-35)30-45(83-10)54(43)63)86-59(80)40(6)67(8)50(72)21-13-12-14-24-88-34-64-56(77)37(3)28-44(71)39(5)65-57(78)36(2)27-42(70)19-17-25-89-47-31-52(74)69(58(47)79)23-16-22-53(75)76/h15,18,20,29-30,36-40,46-49,55,82H,12-14,16-17,19,21-28,31-34H2,1-11H3,(H,64,77)(H,65,78)(H,66,81)(H,75,76)/b20-15+,35-18+. The van der Waals surface area contributed by atoms with Crippen molar-refractivity contribution in [3.63, 3.8) is 0 Å². The van der Waals surface area contributed by atoms with E-state index in [9.17, 15) is 57.8 Å². The number of anilines is 1. The number of likely N-dealkylation sites (N-methyl/N-ethyl adjacent to an activating group) is 1. The highest BCUT2D eigenvalue weighted by Crippen LogP contribution is 2.49. The Bertz CT molecular complexity index is 2840. The maximum atomic E-state index is 14.4. The number of methoxy groups -OCH3 is 2. The van der Waals surface area contributed by atoms with E-state index in [1.807, 2.05) is 13.0 Å². The third-order valence-electron chi connectivity index (χ3n) is 16.7. The molecule has 494 valence electrons. The van der Waals surface area contributed by atoms with E-state index in [0.717, 1.165) is 22.5 Å². The molecule has 5 N–H and O–H groups in total. The largest absolute Gasteiger partial charge is 0.495 e. The third kappa shape index (κ3) is 20.7. The zero-order valence-electron chi connectivity index (χ0n) is 52.9.